The molecular weight excluding hydrogens is 264 g/mol. The van der Waals surface area contributed by atoms with Crippen LogP contribution in [0, 0.1) is 0 Å². The van der Waals surface area contributed by atoms with E-state index in [1.54, 1.807) is 0 Å². The summed E-state index contributed by atoms with van der Waals surface area (Å²) >= 11 is 5.98. The van der Waals surface area contributed by atoms with Crippen molar-refractivity contribution in [1.82, 2.24) is 15.3 Å². The minimum Gasteiger partial charge on any atom is -0.353 e. The van der Waals surface area contributed by atoms with Crippen molar-refractivity contribution in [2.24, 2.45) is 0 Å². The number of aromatic nitrogens is 2. The van der Waals surface area contributed by atoms with Gasteiger partial charge in [0.05, 0.1) is 5.52 Å². The van der Waals surface area contributed by atoms with E-state index in [0.717, 1.165) is 16.7 Å². The maximum Gasteiger partial charge on any atom is 0.242 e. The first-order valence-electron chi connectivity index (χ1n) is 6.13. The smallest absolute Gasteiger partial charge is 0.242 e. The van der Waals surface area contributed by atoms with E-state index in [9.17, 15) is 4.79 Å². The van der Waals surface area contributed by atoms with Crippen molar-refractivity contribution in [3.05, 3.63) is 29.5 Å². The van der Waals surface area contributed by atoms with Gasteiger partial charge >= 0.3 is 0 Å². The first kappa shape index (κ1) is 12.2. The molecule has 1 aromatic heterocycles. The molecule has 3 rings (SSSR count). The molecule has 0 spiro atoms. The molecule has 5 nitrogen and oxygen atoms in total. The summed E-state index contributed by atoms with van der Waals surface area (Å²) in [4.78, 5) is 22.2. The van der Waals surface area contributed by atoms with Gasteiger partial charge in [0.1, 0.15) is 11.9 Å². The zero-order chi connectivity index (χ0) is 13.4. The normalized spacial score (nSPS) is 19.6. The summed E-state index contributed by atoms with van der Waals surface area (Å²) < 4.78 is 0. The lowest BCUT2D eigenvalue weighted by atomic mass is 10.1. The molecule has 2 heterocycles. The van der Waals surface area contributed by atoms with Crippen molar-refractivity contribution in [2.75, 3.05) is 18.0 Å². The SMILES string of the molecule is CC1C(=O)NCCN1c1nc(Cl)nc2ccccc12. The number of carbonyl (C=O) groups is 1. The number of hydrogen-bond acceptors (Lipinski definition) is 4. The molecule has 1 aliphatic rings. The molecule has 2 aromatic rings. The fourth-order valence-electron chi connectivity index (χ4n) is 2.32. The summed E-state index contributed by atoms with van der Waals surface area (Å²) in [6.45, 7) is 3.18. The zero-order valence-electron chi connectivity index (χ0n) is 10.4. The van der Waals surface area contributed by atoms with Crippen molar-refractivity contribution >= 4 is 34.2 Å². The van der Waals surface area contributed by atoms with Crippen molar-refractivity contribution < 1.29 is 4.79 Å². The van der Waals surface area contributed by atoms with Gasteiger partial charge in [-0.3, -0.25) is 4.79 Å². The third-order valence-corrected chi connectivity index (χ3v) is 3.50. The molecule has 1 aromatic carbocycles. The fraction of sp³-hybridized carbons (Fsp3) is 0.308. The summed E-state index contributed by atoms with van der Waals surface area (Å²) in [5.74, 6) is 0.725. The van der Waals surface area contributed by atoms with Crippen LogP contribution in [0.2, 0.25) is 5.28 Å². The van der Waals surface area contributed by atoms with Gasteiger partial charge in [-0.2, -0.15) is 4.98 Å². The van der Waals surface area contributed by atoms with Gasteiger partial charge in [-0.25, -0.2) is 4.98 Å². The first-order chi connectivity index (χ1) is 9.16. The predicted molar refractivity (Wildman–Crippen MR) is 74.4 cm³/mol. The summed E-state index contributed by atoms with van der Waals surface area (Å²) in [6, 6.07) is 7.41. The number of nitrogens with zero attached hydrogens (tertiary/aromatic N) is 3. The Morgan fingerprint density at radius 1 is 1.37 bits per heavy atom. The molecule has 1 N–H and O–H groups in total. The summed E-state index contributed by atoms with van der Waals surface area (Å²) in [5, 5.41) is 3.95. The molecule has 0 bridgehead atoms. The Kier molecular flexibility index (Phi) is 2.98. The number of halogens is 1. The molecule has 1 unspecified atom stereocenters. The van der Waals surface area contributed by atoms with Gasteiger partial charge in [0.25, 0.3) is 0 Å². The monoisotopic (exact) mass is 276 g/mol. The molecule has 1 saturated heterocycles. The minimum atomic E-state index is -0.261. The standard InChI is InChI=1S/C13H13ClN4O/c1-8-12(19)15-6-7-18(8)11-9-4-2-3-5-10(9)16-13(14)17-11/h2-5,8H,6-7H2,1H3,(H,15,19). The van der Waals surface area contributed by atoms with Crippen molar-refractivity contribution in [3.8, 4) is 0 Å². The van der Waals surface area contributed by atoms with Gasteiger partial charge in [0.15, 0.2) is 0 Å². The molecule has 1 amide bonds. The van der Waals surface area contributed by atoms with Gasteiger partial charge in [-0.05, 0) is 30.7 Å². The molecule has 6 heteroatoms. The largest absolute Gasteiger partial charge is 0.353 e. The topological polar surface area (TPSA) is 58.1 Å². The number of hydrogen-bond donors (Lipinski definition) is 1. The van der Waals surface area contributed by atoms with Gasteiger partial charge < -0.3 is 10.2 Å². The minimum absolute atomic E-state index is 0.00469. The number of benzene rings is 1. The van der Waals surface area contributed by atoms with E-state index in [0.29, 0.717) is 13.1 Å². The van der Waals surface area contributed by atoms with Crippen LogP contribution in [0.3, 0.4) is 0 Å². The first-order valence-corrected chi connectivity index (χ1v) is 6.51. The second kappa shape index (κ2) is 4.66. The van der Waals surface area contributed by atoms with E-state index in [4.69, 9.17) is 11.6 Å². The highest BCUT2D eigenvalue weighted by atomic mass is 35.5. The fourth-order valence-corrected chi connectivity index (χ4v) is 2.49. The molecule has 0 saturated carbocycles. The number of piperazine rings is 1. The predicted octanol–water partition coefficient (Wildman–Crippen LogP) is 1.61. The van der Waals surface area contributed by atoms with Crippen LogP contribution in [-0.2, 0) is 4.79 Å². The number of fused-ring (bicyclic) bond motifs is 1. The Bertz CT molecular complexity index is 646. The summed E-state index contributed by atoms with van der Waals surface area (Å²) in [5.41, 5.74) is 0.788. The third-order valence-electron chi connectivity index (χ3n) is 3.33. The summed E-state index contributed by atoms with van der Waals surface area (Å²) in [6.07, 6.45) is 0. The number of carbonyl (C=O) groups excluding carboxylic acids is 1. The van der Waals surface area contributed by atoms with E-state index in [1.807, 2.05) is 36.1 Å². The van der Waals surface area contributed by atoms with E-state index in [2.05, 4.69) is 15.3 Å². The van der Waals surface area contributed by atoms with Gasteiger partial charge in [0.2, 0.25) is 11.2 Å². The average molecular weight is 277 g/mol. The maximum absolute atomic E-state index is 11.8. The molecule has 1 atom stereocenters. The average Bonchev–Trinajstić information content (AvgIpc) is 2.41. The van der Waals surface area contributed by atoms with Crippen LogP contribution >= 0.6 is 11.6 Å². The van der Waals surface area contributed by atoms with Gasteiger partial charge in [-0.15, -0.1) is 0 Å². The quantitative estimate of drug-likeness (QED) is 0.804. The van der Waals surface area contributed by atoms with E-state index >= 15 is 0 Å². The second-order valence-corrected chi connectivity index (χ2v) is 4.83. The van der Waals surface area contributed by atoms with Crippen LogP contribution in [0.4, 0.5) is 5.82 Å². The number of nitrogens with one attached hydrogen (secondary N) is 1. The van der Waals surface area contributed by atoms with Crippen LogP contribution in [0.25, 0.3) is 10.9 Å². The Hall–Kier alpha value is -1.88. The Morgan fingerprint density at radius 2 is 2.16 bits per heavy atom. The highest BCUT2D eigenvalue weighted by molar-refractivity contribution is 6.28. The van der Waals surface area contributed by atoms with Crippen LogP contribution in [0.1, 0.15) is 6.92 Å². The van der Waals surface area contributed by atoms with Crippen LogP contribution < -0.4 is 10.2 Å². The number of rotatable bonds is 1. The number of anilines is 1. The zero-order valence-corrected chi connectivity index (χ0v) is 11.2. The van der Waals surface area contributed by atoms with Crippen LogP contribution in [0.5, 0.6) is 0 Å². The molecule has 1 fully saturated rings. The molecule has 0 aliphatic carbocycles. The molecule has 98 valence electrons. The molecular formula is C13H13ClN4O. The van der Waals surface area contributed by atoms with E-state index < -0.39 is 0 Å². The van der Waals surface area contributed by atoms with Gasteiger partial charge in [0, 0.05) is 18.5 Å². The second-order valence-electron chi connectivity index (χ2n) is 4.49. The summed E-state index contributed by atoms with van der Waals surface area (Å²) in [7, 11) is 0. The van der Waals surface area contributed by atoms with E-state index in [1.165, 1.54) is 0 Å². The van der Waals surface area contributed by atoms with Crippen molar-refractivity contribution in [1.29, 1.82) is 0 Å². The van der Waals surface area contributed by atoms with Crippen molar-refractivity contribution in [3.63, 3.8) is 0 Å². The maximum atomic E-state index is 11.8. The lowest BCUT2D eigenvalue weighted by Gasteiger charge is -2.34. The molecule has 19 heavy (non-hydrogen) atoms. The van der Waals surface area contributed by atoms with E-state index in [-0.39, 0.29) is 17.2 Å². The highest BCUT2D eigenvalue weighted by Gasteiger charge is 2.28. The Labute approximate surface area is 115 Å². The van der Waals surface area contributed by atoms with Crippen molar-refractivity contribution in [2.45, 2.75) is 13.0 Å². The Balaban J connectivity index is 2.16. The molecule has 1 aliphatic heterocycles. The van der Waals surface area contributed by atoms with Crippen LogP contribution in [0.15, 0.2) is 24.3 Å². The van der Waals surface area contributed by atoms with Gasteiger partial charge in [-0.1, -0.05) is 12.1 Å². The molecule has 0 radical (unpaired) electrons. The number of para-hydroxylation sites is 1. The lowest BCUT2D eigenvalue weighted by Crippen LogP contribution is -2.54. The Morgan fingerprint density at radius 3 is 3.00 bits per heavy atom. The third kappa shape index (κ3) is 2.10. The number of amides is 1. The highest BCUT2D eigenvalue weighted by Crippen LogP contribution is 2.27. The lowest BCUT2D eigenvalue weighted by molar-refractivity contribution is -0.122. The van der Waals surface area contributed by atoms with Crippen LogP contribution in [-0.4, -0.2) is 35.0 Å².